The van der Waals surface area contributed by atoms with Crippen LogP contribution in [0.3, 0.4) is 0 Å². The number of methoxy groups -OCH3 is 1. The maximum Gasteiger partial charge on any atom is 0.407 e. The number of ether oxygens (including phenoxy) is 1. The zero-order chi connectivity index (χ0) is 32.4. The van der Waals surface area contributed by atoms with Gasteiger partial charge in [-0.1, -0.05) is 24.0 Å². The van der Waals surface area contributed by atoms with Gasteiger partial charge in [0.15, 0.2) is 0 Å². The maximum atomic E-state index is 13.5. The number of alkyl carbamates (subject to hydrolysis) is 1. The molecule has 238 valence electrons. The van der Waals surface area contributed by atoms with Crippen LogP contribution in [0.2, 0.25) is 0 Å². The molecule has 3 atom stereocenters. The fourth-order valence-corrected chi connectivity index (χ4v) is 6.20. The van der Waals surface area contributed by atoms with Gasteiger partial charge in [-0.3, -0.25) is 9.59 Å². The van der Waals surface area contributed by atoms with Gasteiger partial charge in [0.05, 0.1) is 47.7 Å². The molecule has 12 nitrogen and oxygen atoms in total. The Bertz CT molecular complexity index is 1810. The van der Waals surface area contributed by atoms with E-state index in [2.05, 4.69) is 36.8 Å². The topological polar surface area (TPSA) is 157 Å². The third-order valence-electron chi connectivity index (χ3n) is 8.64. The normalized spacial score (nSPS) is 18.7. The van der Waals surface area contributed by atoms with Crippen molar-refractivity contribution in [3.8, 4) is 23.1 Å². The number of rotatable bonds is 7. The van der Waals surface area contributed by atoms with Crippen molar-refractivity contribution in [3.05, 3.63) is 71.4 Å². The number of aliphatic hydroxyl groups is 1. The highest BCUT2D eigenvalue weighted by Crippen LogP contribution is 2.33. The molecule has 0 bridgehead atoms. The summed E-state index contributed by atoms with van der Waals surface area (Å²) in [4.78, 5) is 56.2. The second kappa shape index (κ2) is 12.7. The number of imidazole rings is 2. The minimum atomic E-state index is -1.50. The van der Waals surface area contributed by atoms with Gasteiger partial charge in [-0.25, -0.2) is 14.8 Å². The molecule has 3 amide bonds. The van der Waals surface area contributed by atoms with Gasteiger partial charge in [0, 0.05) is 24.2 Å². The molecular weight excluding hydrogens is 586 g/mol. The van der Waals surface area contributed by atoms with Crippen LogP contribution < -0.4 is 5.32 Å². The quantitative estimate of drug-likeness (QED) is 0.180. The molecule has 4 heterocycles. The summed E-state index contributed by atoms with van der Waals surface area (Å²) in [6, 6.07) is 12.2. The van der Waals surface area contributed by atoms with E-state index in [9.17, 15) is 19.5 Å². The van der Waals surface area contributed by atoms with Gasteiger partial charge < -0.3 is 34.9 Å². The number of aromatic amines is 2. The third-order valence-corrected chi connectivity index (χ3v) is 8.64. The molecule has 2 aliphatic heterocycles. The predicted octanol–water partition coefficient (Wildman–Crippen LogP) is 3.81. The Morgan fingerprint density at radius 1 is 1.04 bits per heavy atom. The Kier molecular flexibility index (Phi) is 8.51. The number of carbonyl (C=O) groups is 3. The van der Waals surface area contributed by atoms with Crippen LogP contribution in [0.25, 0.3) is 22.3 Å². The average Bonchev–Trinajstić information content (AvgIpc) is 3.87. The van der Waals surface area contributed by atoms with Gasteiger partial charge in [-0.2, -0.15) is 0 Å². The summed E-state index contributed by atoms with van der Waals surface area (Å²) in [7, 11) is 1.21. The number of nitrogens with one attached hydrogen (secondary N) is 3. The molecule has 2 fully saturated rings. The summed E-state index contributed by atoms with van der Waals surface area (Å²) in [6.45, 7) is 4.19. The Morgan fingerprint density at radius 3 is 2.50 bits per heavy atom. The minimum absolute atomic E-state index is 0.000589. The van der Waals surface area contributed by atoms with E-state index < -0.39 is 23.6 Å². The van der Waals surface area contributed by atoms with Crippen molar-refractivity contribution in [3.63, 3.8) is 0 Å². The van der Waals surface area contributed by atoms with Crippen LogP contribution in [-0.2, 0) is 14.3 Å². The lowest BCUT2D eigenvalue weighted by atomic mass is 9.97. The van der Waals surface area contributed by atoms with E-state index in [0.29, 0.717) is 18.8 Å². The summed E-state index contributed by atoms with van der Waals surface area (Å²) >= 11 is 0. The number of fused-ring (bicyclic) bond motifs is 1. The lowest BCUT2D eigenvalue weighted by Crippen LogP contribution is -2.58. The van der Waals surface area contributed by atoms with Crippen LogP contribution in [0, 0.1) is 11.8 Å². The number of aromatic nitrogens is 4. The number of hydrogen-bond acceptors (Lipinski definition) is 7. The largest absolute Gasteiger partial charge is 0.453 e. The monoisotopic (exact) mass is 623 g/mol. The number of H-pyrrole nitrogens is 2. The zero-order valence-electron chi connectivity index (χ0n) is 26.0. The SMILES string of the molecule is COC(=O)NC(C(=O)N1CCCC1c1nc2ccc(C#Cc3ccc(-c4cnc(C5CCCN5C=O)[nH]4)cc3)cc2[nH]1)C(C)(C)O. The van der Waals surface area contributed by atoms with Crippen LogP contribution in [0.15, 0.2) is 48.7 Å². The van der Waals surface area contributed by atoms with E-state index in [1.165, 1.54) is 21.0 Å². The number of likely N-dealkylation sites (tertiary alicyclic amines) is 2. The first kappa shape index (κ1) is 30.9. The molecule has 46 heavy (non-hydrogen) atoms. The molecule has 4 N–H and O–H groups in total. The molecule has 2 aromatic heterocycles. The first-order valence-electron chi connectivity index (χ1n) is 15.4. The van der Waals surface area contributed by atoms with E-state index in [1.807, 2.05) is 42.5 Å². The number of benzene rings is 2. The predicted molar refractivity (Wildman–Crippen MR) is 170 cm³/mol. The second-order valence-corrected chi connectivity index (χ2v) is 12.3. The highest BCUT2D eigenvalue weighted by atomic mass is 16.5. The van der Waals surface area contributed by atoms with Crippen molar-refractivity contribution in [1.82, 2.24) is 35.1 Å². The Balaban J connectivity index is 1.16. The van der Waals surface area contributed by atoms with Crippen molar-refractivity contribution in [1.29, 1.82) is 0 Å². The average molecular weight is 624 g/mol. The highest BCUT2D eigenvalue weighted by Gasteiger charge is 2.42. The molecular formula is C34H37N7O5. The van der Waals surface area contributed by atoms with Gasteiger partial charge >= 0.3 is 6.09 Å². The molecule has 0 radical (unpaired) electrons. The van der Waals surface area contributed by atoms with Crippen LogP contribution in [0.1, 0.15) is 74.4 Å². The smallest absolute Gasteiger partial charge is 0.407 e. The van der Waals surface area contributed by atoms with Gasteiger partial charge in [0.1, 0.15) is 17.7 Å². The summed E-state index contributed by atoms with van der Waals surface area (Å²) in [5.74, 6) is 7.50. The fraction of sp³-hybridized carbons (Fsp3) is 0.382. The third kappa shape index (κ3) is 6.32. The summed E-state index contributed by atoms with van der Waals surface area (Å²) in [5.41, 5.74) is 3.60. The maximum absolute atomic E-state index is 13.5. The Labute approximate surface area is 266 Å². The van der Waals surface area contributed by atoms with E-state index in [0.717, 1.165) is 71.5 Å². The van der Waals surface area contributed by atoms with Crippen molar-refractivity contribution in [2.75, 3.05) is 20.2 Å². The molecule has 0 spiro atoms. The van der Waals surface area contributed by atoms with Gasteiger partial charge in [0.25, 0.3) is 0 Å². The molecule has 2 saturated heterocycles. The lowest BCUT2D eigenvalue weighted by Gasteiger charge is -2.34. The number of amides is 3. The Morgan fingerprint density at radius 2 is 1.76 bits per heavy atom. The van der Waals surface area contributed by atoms with Gasteiger partial charge in [0.2, 0.25) is 12.3 Å². The first-order valence-corrected chi connectivity index (χ1v) is 15.4. The van der Waals surface area contributed by atoms with Crippen LogP contribution in [0.4, 0.5) is 4.79 Å². The summed E-state index contributed by atoms with van der Waals surface area (Å²) < 4.78 is 4.67. The zero-order valence-corrected chi connectivity index (χ0v) is 26.0. The second-order valence-electron chi connectivity index (χ2n) is 12.3. The highest BCUT2D eigenvalue weighted by molar-refractivity contribution is 5.87. The van der Waals surface area contributed by atoms with Crippen LogP contribution in [0.5, 0.6) is 0 Å². The lowest BCUT2D eigenvalue weighted by molar-refractivity contribution is -0.140. The van der Waals surface area contributed by atoms with Crippen molar-refractivity contribution in [2.45, 2.75) is 63.3 Å². The van der Waals surface area contributed by atoms with E-state index >= 15 is 0 Å². The minimum Gasteiger partial charge on any atom is -0.453 e. The molecule has 6 rings (SSSR count). The fourth-order valence-electron chi connectivity index (χ4n) is 6.20. The molecule has 0 saturated carbocycles. The molecule has 2 aromatic carbocycles. The summed E-state index contributed by atoms with van der Waals surface area (Å²) in [6.07, 6.45) is 5.25. The molecule has 4 aromatic rings. The Hall–Kier alpha value is -5.15. The van der Waals surface area contributed by atoms with Crippen molar-refractivity contribution in [2.24, 2.45) is 0 Å². The number of carbonyl (C=O) groups excluding carboxylic acids is 3. The first-order chi connectivity index (χ1) is 22.1. The molecule has 2 aliphatic rings. The van der Waals surface area contributed by atoms with Crippen molar-refractivity contribution >= 4 is 29.4 Å². The van der Waals surface area contributed by atoms with Crippen LogP contribution >= 0.6 is 0 Å². The van der Waals surface area contributed by atoms with E-state index in [-0.39, 0.29) is 12.1 Å². The molecule has 0 aliphatic carbocycles. The van der Waals surface area contributed by atoms with E-state index in [1.54, 1.807) is 16.0 Å². The number of nitrogens with zero attached hydrogens (tertiary/aromatic N) is 4. The van der Waals surface area contributed by atoms with Gasteiger partial charge in [-0.15, -0.1) is 0 Å². The van der Waals surface area contributed by atoms with Crippen LogP contribution in [-0.4, -0.2) is 85.1 Å². The van der Waals surface area contributed by atoms with Gasteiger partial charge in [-0.05, 0) is 75.4 Å². The number of hydrogen-bond donors (Lipinski definition) is 4. The standard InChI is InChI=1S/C34H37N7O5/c1-34(2,45)29(39-33(44)46-3)32(43)41-17-5-7-28(41)31-36-24-15-12-22(18-25(24)37-31)9-8-21-10-13-23(14-11-21)26-19-35-30(38-26)27-6-4-16-40(27)20-42/h10-15,18-20,27-29,45H,4-7,16-17H2,1-3H3,(H,35,38)(H,36,37)(H,39,44). The molecule has 12 heteroatoms. The molecule has 3 unspecified atom stereocenters. The van der Waals surface area contributed by atoms with Crippen molar-refractivity contribution < 1.29 is 24.2 Å². The van der Waals surface area contributed by atoms with E-state index in [4.69, 9.17) is 4.98 Å². The summed E-state index contributed by atoms with van der Waals surface area (Å²) in [5, 5.41) is 13.1.